The van der Waals surface area contributed by atoms with Crippen molar-refractivity contribution >= 4 is 10.1 Å². The minimum Gasteiger partial charge on any atom is -0.493 e. The van der Waals surface area contributed by atoms with E-state index in [-0.39, 0.29) is 12.7 Å². The summed E-state index contributed by atoms with van der Waals surface area (Å²) in [5.41, 5.74) is 0.740. The molecule has 1 aromatic carbocycles. The molecule has 20 heavy (non-hydrogen) atoms. The molecule has 0 aromatic heterocycles. The van der Waals surface area contributed by atoms with Gasteiger partial charge in [0.05, 0.1) is 26.1 Å². The molecular formula is C14H20O5S. The Morgan fingerprint density at radius 1 is 1.20 bits per heavy atom. The van der Waals surface area contributed by atoms with Crippen LogP contribution in [0.25, 0.3) is 0 Å². The molecule has 1 aliphatic rings. The number of benzene rings is 1. The Bertz CT molecular complexity index is 547. The van der Waals surface area contributed by atoms with Gasteiger partial charge in [0, 0.05) is 0 Å². The van der Waals surface area contributed by atoms with Crippen LogP contribution in [0.3, 0.4) is 0 Å². The van der Waals surface area contributed by atoms with Crippen molar-refractivity contribution in [3.8, 4) is 11.5 Å². The molecule has 0 atom stereocenters. The fraction of sp³-hybridized carbons (Fsp3) is 0.571. The fourth-order valence-corrected chi connectivity index (χ4v) is 2.61. The van der Waals surface area contributed by atoms with E-state index in [1.54, 1.807) is 25.3 Å². The van der Waals surface area contributed by atoms with Gasteiger partial charge in [-0.05, 0) is 43.4 Å². The molecule has 0 saturated heterocycles. The quantitative estimate of drug-likeness (QED) is 0.755. The van der Waals surface area contributed by atoms with E-state index in [0.717, 1.165) is 24.7 Å². The lowest BCUT2D eigenvalue weighted by Crippen LogP contribution is -2.12. The second-order valence-corrected chi connectivity index (χ2v) is 6.62. The highest BCUT2D eigenvalue weighted by molar-refractivity contribution is 7.85. The maximum Gasteiger partial charge on any atom is 0.264 e. The van der Waals surface area contributed by atoms with Gasteiger partial charge in [-0.1, -0.05) is 6.07 Å². The predicted molar refractivity (Wildman–Crippen MR) is 75.5 cm³/mol. The van der Waals surface area contributed by atoms with Crippen molar-refractivity contribution < 1.29 is 22.1 Å². The van der Waals surface area contributed by atoms with Crippen molar-refractivity contribution in [1.82, 2.24) is 0 Å². The summed E-state index contributed by atoms with van der Waals surface area (Å²) in [5.74, 6) is 1.30. The van der Waals surface area contributed by atoms with E-state index in [9.17, 15) is 8.42 Å². The molecular weight excluding hydrogens is 280 g/mol. The van der Waals surface area contributed by atoms with Crippen LogP contribution in [0.2, 0.25) is 0 Å². The topological polar surface area (TPSA) is 61.8 Å². The zero-order valence-electron chi connectivity index (χ0n) is 11.8. The van der Waals surface area contributed by atoms with E-state index in [1.165, 1.54) is 12.8 Å². The molecule has 1 saturated carbocycles. The Labute approximate surface area is 120 Å². The lowest BCUT2D eigenvalue weighted by molar-refractivity contribution is 0.200. The van der Waals surface area contributed by atoms with Gasteiger partial charge in [0.2, 0.25) is 0 Å². The van der Waals surface area contributed by atoms with Gasteiger partial charge < -0.3 is 9.47 Å². The summed E-state index contributed by atoms with van der Waals surface area (Å²) in [7, 11) is -1.86. The van der Waals surface area contributed by atoms with Crippen molar-refractivity contribution in [2.45, 2.75) is 38.4 Å². The number of methoxy groups -OCH3 is 1. The van der Waals surface area contributed by atoms with E-state index in [4.69, 9.17) is 13.7 Å². The van der Waals surface area contributed by atoms with Crippen LogP contribution in [0, 0.1) is 0 Å². The average molecular weight is 300 g/mol. The van der Waals surface area contributed by atoms with Crippen LogP contribution in [0.4, 0.5) is 0 Å². The van der Waals surface area contributed by atoms with Gasteiger partial charge in [-0.3, -0.25) is 4.18 Å². The molecule has 0 bridgehead atoms. The summed E-state index contributed by atoms with van der Waals surface area (Å²) in [6, 6.07) is 5.32. The highest BCUT2D eigenvalue weighted by atomic mass is 32.2. The SMILES string of the molecule is COc1ccc(COS(C)(=O)=O)cc1OC1CCCC1. The van der Waals surface area contributed by atoms with E-state index in [0.29, 0.717) is 11.5 Å². The molecule has 0 heterocycles. The van der Waals surface area contributed by atoms with Crippen molar-refractivity contribution in [3.05, 3.63) is 23.8 Å². The molecule has 0 unspecified atom stereocenters. The van der Waals surface area contributed by atoms with Crippen molar-refractivity contribution in [1.29, 1.82) is 0 Å². The van der Waals surface area contributed by atoms with Crippen molar-refractivity contribution in [2.75, 3.05) is 13.4 Å². The maximum absolute atomic E-state index is 11.0. The number of hydrogen-bond donors (Lipinski definition) is 0. The van der Waals surface area contributed by atoms with Crippen LogP contribution in [0.5, 0.6) is 11.5 Å². The first-order valence-corrected chi connectivity index (χ1v) is 8.47. The molecule has 6 heteroatoms. The monoisotopic (exact) mass is 300 g/mol. The first-order chi connectivity index (χ1) is 9.48. The summed E-state index contributed by atoms with van der Waals surface area (Å²) in [5, 5.41) is 0. The molecule has 0 radical (unpaired) electrons. The molecule has 2 rings (SSSR count). The molecule has 0 spiro atoms. The van der Waals surface area contributed by atoms with Gasteiger partial charge >= 0.3 is 0 Å². The van der Waals surface area contributed by atoms with E-state index in [2.05, 4.69) is 0 Å². The van der Waals surface area contributed by atoms with Crippen LogP contribution >= 0.6 is 0 Å². The van der Waals surface area contributed by atoms with Crippen molar-refractivity contribution in [2.24, 2.45) is 0 Å². The number of rotatable bonds is 6. The molecule has 0 amide bonds. The van der Waals surface area contributed by atoms with Gasteiger partial charge in [-0.25, -0.2) is 0 Å². The minimum atomic E-state index is -3.45. The number of ether oxygens (including phenoxy) is 2. The molecule has 112 valence electrons. The maximum atomic E-state index is 11.0. The summed E-state index contributed by atoms with van der Waals surface area (Å²) < 4.78 is 38.0. The van der Waals surface area contributed by atoms with Crippen molar-refractivity contribution in [3.63, 3.8) is 0 Å². The second kappa shape index (κ2) is 6.45. The molecule has 0 aliphatic heterocycles. The van der Waals surface area contributed by atoms with E-state index in [1.807, 2.05) is 0 Å². The second-order valence-electron chi connectivity index (χ2n) is 4.98. The van der Waals surface area contributed by atoms with E-state index < -0.39 is 10.1 Å². The summed E-state index contributed by atoms with van der Waals surface area (Å²) >= 11 is 0. The van der Waals surface area contributed by atoms with Gasteiger partial charge in [0.15, 0.2) is 11.5 Å². The van der Waals surface area contributed by atoms with E-state index >= 15 is 0 Å². The molecule has 1 fully saturated rings. The third kappa shape index (κ3) is 4.38. The molecule has 1 aliphatic carbocycles. The highest BCUT2D eigenvalue weighted by Gasteiger charge is 2.18. The Morgan fingerprint density at radius 3 is 2.50 bits per heavy atom. The lowest BCUT2D eigenvalue weighted by atomic mass is 10.2. The average Bonchev–Trinajstić information content (AvgIpc) is 2.89. The predicted octanol–water partition coefficient (Wildman–Crippen LogP) is 2.49. The molecule has 0 N–H and O–H groups in total. The van der Waals surface area contributed by atoms with Crippen LogP contribution in [-0.4, -0.2) is 27.9 Å². The largest absolute Gasteiger partial charge is 0.493 e. The van der Waals surface area contributed by atoms with Crippen LogP contribution in [0.15, 0.2) is 18.2 Å². The zero-order chi connectivity index (χ0) is 14.6. The molecule has 1 aromatic rings. The van der Waals surface area contributed by atoms with Crippen LogP contribution < -0.4 is 9.47 Å². The molecule has 5 nitrogen and oxygen atoms in total. The van der Waals surface area contributed by atoms with Gasteiger partial charge in [0.1, 0.15) is 0 Å². The third-order valence-electron chi connectivity index (χ3n) is 3.26. The summed E-state index contributed by atoms with van der Waals surface area (Å²) in [4.78, 5) is 0. The fourth-order valence-electron chi connectivity index (χ4n) is 2.26. The normalized spacial score (nSPS) is 16.3. The zero-order valence-corrected chi connectivity index (χ0v) is 12.6. The Hall–Kier alpha value is -1.27. The number of hydrogen-bond acceptors (Lipinski definition) is 5. The summed E-state index contributed by atoms with van der Waals surface area (Å²) in [6.45, 7) is 0.00382. The smallest absolute Gasteiger partial charge is 0.264 e. The Kier molecular flexibility index (Phi) is 4.88. The Balaban J connectivity index is 2.10. The minimum absolute atomic E-state index is 0.00382. The first kappa shape index (κ1) is 15.1. The standard InChI is InChI=1S/C14H20O5S/c1-17-13-8-7-11(10-18-20(2,15)16)9-14(13)19-12-5-3-4-6-12/h7-9,12H,3-6,10H2,1-2H3. The van der Waals surface area contributed by atoms with Crippen LogP contribution in [0.1, 0.15) is 31.2 Å². The van der Waals surface area contributed by atoms with Gasteiger partial charge in [-0.2, -0.15) is 8.42 Å². The summed E-state index contributed by atoms with van der Waals surface area (Å²) in [6.07, 6.45) is 5.72. The van der Waals surface area contributed by atoms with Crippen LogP contribution in [-0.2, 0) is 20.9 Å². The Morgan fingerprint density at radius 2 is 1.90 bits per heavy atom. The van der Waals surface area contributed by atoms with Gasteiger partial charge in [-0.15, -0.1) is 0 Å². The third-order valence-corrected chi connectivity index (χ3v) is 3.81. The first-order valence-electron chi connectivity index (χ1n) is 6.66. The van der Waals surface area contributed by atoms with Gasteiger partial charge in [0.25, 0.3) is 10.1 Å². The highest BCUT2D eigenvalue weighted by Crippen LogP contribution is 2.32. The lowest BCUT2D eigenvalue weighted by Gasteiger charge is -2.16.